The number of rotatable bonds is 2. The maximum atomic E-state index is 11.6. The SMILES string of the molecule is CC(=O)c1c(-c2cccc(Cl)c2)c[nH]c1C. The minimum atomic E-state index is 0.0636. The molecule has 16 heavy (non-hydrogen) atoms. The van der Waals surface area contributed by atoms with Gasteiger partial charge in [0, 0.05) is 28.0 Å². The van der Waals surface area contributed by atoms with Gasteiger partial charge in [0.1, 0.15) is 0 Å². The Bertz CT molecular complexity index is 543. The van der Waals surface area contributed by atoms with E-state index in [-0.39, 0.29) is 5.78 Å². The van der Waals surface area contributed by atoms with Gasteiger partial charge in [-0.15, -0.1) is 0 Å². The molecule has 1 N–H and O–H groups in total. The van der Waals surface area contributed by atoms with E-state index < -0.39 is 0 Å². The lowest BCUT2D eigenvalue weighted by atomic mass is 10.0. The number of carbonyl (C=O) groups excluding carboxylic acids is 1. The summed E-state index contributed by atoms with van der Waals surface area (Å²) in [5.41, 5.74) is 3.50. The molecule has 1 aromatic carbocycles. The van der Waals surface area contributed by atoms with Crippen molar-refractivity contribution in [2.24, 2.45) is 0 Å². The van der Waals surface area contributed by atoms with Gasteiger partial charge in [0.05, 0.1) is 0 Å². The van der Waals surface area contributed by atoms with Crippen molar-refractivity contribution in [3.63, 3.8) is 0 Å². The summed E-state index contributed by atoms with van der Waals surface area (Å²) in [7, 11) is 0. The molecule has 2 nitrogen and oxygen atoms in total. The number of aryl methyl sites for hydroxylation is 1. The smallest absolute Gasteiger partial charge is 0.162 e. The molecule has 0 spiro atoms. The van der Waals surface area contributed by atoms with Gasteiger partial charge in [-0.1, -0.05) is 23.7 Å². The van der Waals surface area contributed by atoms with E-state index in [0.717, 1.165) is 22.4 Å². The monoisotopic (exact) mass is 233 g/mol. The maximum absolute atomic E-state index is 11.6. The van der Waals surface area contributed by atoms with Gasteiger partial charge in [-0.2, -0.15) is 0 Å². The fourth-order valence-corrected chi connectivity index (χ4v) is 2.05. The first-order valence-corrected chi connectivity index (χ1v) is 5.42. The third-order valence-corrected chi connectivity index (χ3v) is 2.80. The summed E-state index contributed by atoms with van der Waals surface area (Å²) >= 11 is 5.94. The molecule has 0 bridgehead atoms. The highest BCUT2D eigenvalue weighted by Crippen LogP contribution is 2.28. The van der Waals surface area contributed by atoms with Gasteiger partial charge in [0.15, 0.2) is 5.78 Å². The van der Waals surface area contributed by atoms with Crippen LogP contribution in [0.3, 0.4) is 0 Å². The standard InChI is InChI=1S/C13H12ClNO/c1-8-13(9(2)16)12(7-15-8)10-4-3-5-11(14)6-10/h3-7,15H,1-2H3. The molecule has 1 aromatic heterocycles. The highest BCUT2D eigenvalue weighted by Gasteiger charge is 2.13. The van der Waals surface area contributed by atoms with E-state index in [2.05, 4.69) is 4.98 Å². The summed E-state index contributed by atoms with van der Waals surface area (Å²) < 4.78 is 0. The van der Waals surface area contributed by atoms with E-state index in [9.17, 15) is 4.79 Å². The van der Waals surface area contributed by atoms with E-state index in [1.165, 1.54) is 0 Å². The van der Waals surface area contributed by atoms with Gasteiger partial charge in [0.25, 0.3) is 0 Å². The average Bonchev–Trinajstić information content (AvgIpc) is 2.60. The average molecular weight is 234 g/mol. The lowest BCUT2D eigenvalue weighted by molar-refractivity contribution is 0.101. The van der Waals surface area contributed by atoms with E-state index in [1.54, 1.807) is 6.92 Å². The molecule has 0 amide bonds. The minimum absolute atomic E-state index is 0.0636. The van der Waals surface area contributed by atoms with Crippen molar-refractivity contribution in [3.8, 4) is 11.1 Å². The van der Waals surface area contributed by atoms with Gasteiger partial charge in [0.2, 0.25) is 0 Å². The van der Waals surface area contributed by atoms with Crippen LogP contribution in [0.5, 0.6) is 0 Å². The zero-order chi connectivity index (χ0) is 11.7. The summed E-state index contributed by atoms with van der Waals surface area (Å²) in [6.45, 7) is 3.47. The molecule has 0 atom stereocenters. The molecular weight excluding hydrogens is 222 g/mol. The van der Waals surface area contributed by atoms with Crippen LogP contribution in [0.1, 0.15) is 23.0 Å². The quantitative estimate of drug-likeness (QED) is 0.786. The number of aromatic nitrogens is 1. The zero-order valence-corrected chi connectivity index (χ0v) is 9.93. The second kappa shape index (κ2) is 4.14. The summed E-state index contributed by atoms with van der Waals surface area (Å²) in [4.78, 5) is 14.6. The predicted molar refractivity (Wildman–Crippen MR) is 66.0 cm³/mol. The van der Waals surface area contributed by atoms with Gasteiger partial charge < -0.3 is 4.98 Å². The topological polar surface area (TPSA) is 32.9 Å². The number of halogens is 1. The number of aromatic amines is 1. The number of H-pyrrole nitrogens is 1. The van der Waals surface area contributed by atoms with Crippen LogP contribution < -0.4 is 0 Å². The van der Waals surface area contributed by atoms with Crippen LogP contribution in [-0.4, -0.2) is 10.8 Å². The molecular formula is C13H12ClNO. The van der Waals surface area contributed by atoms with Gasteiger partial charge in [-0.25, -0.2) is 0 Å². The fraction of sp³-hybridized carbons (Fsp3) is 0.154. The van der Waals surface area contributed by atoms with Crippen molar-refractivity contribution < 1.29 is 4.79 Å². The van der Waals surface area contributed by atoms with E-state index >= 15 is 0 Å². The third-order valence-electron chi connectivity index (χ3n) is 2.57. The molecule has 0 fully saturated rings. The molecule has 0 aliphatic carbocycles. The van der Waals surface area contributed by atoms with Gasteiger partial charge >= 0.3 is 0 Å². The predicted octanol–water partition coefficient (Wildman–Crippen LogP) is 3.85. The number of carbonyl (C=O) groups is 1. The number of ketones is 1. The van der Waals surface area contributed by atoms with Gasteiger partial charge in [-0.05, 0) is 31.5 Å². The Balaban J connectivity index is 2.60. The molecule has 82 valence electrons. The minimum Gasteiger partial charge on any atom is -0.364 e. The molecule has 0 aliphatic rings. The van der Waals surface area contributed by atoms with Gasteiger partial charge in [-0.3, -0.25) is 4.79 Å². The Hall–Kier alpha value is -1.54. The normalized spacial score (nSPS) is 10.4. The Morgan fingerprint density at radius 1 is 1.38 bits per heavy atom. The number of Topliss-reactive ketones (excluding diaryl/α,β-unsaturated/α-hetero) is 1. The Morgan fingerprint density at radius 2 is 2.12 bits per heavy atom. The van der Waals surface area contributed by atoms with Crippen molar-refractivity contribution in [2.75, 3.05) is 0 Å². The van der Waals surface area contributed by atoms with Crippen molar-refractivity contribution in [3.05, 3.63) is 46.7 Å². The van der Waals surface area contributed by atoms with Crippen LogP contribution in [0.4, 0.5) is 0 Å². The molecule has 0 aliphatic heterocycles. The summed E-state index contributed by atoms with van der Waals surface area (Å²) in [6, 6.07) is 7.50. The van der Waals surface area contributed by atoms with Crippen LogP contribution in [-0.2, 0) is 0 Å². The van der Waals surface area contributed by atoms with Crippen LogP contribution in [0.2, 0.25) is 5.02 Å². The lowest BCUT2D eigenvalue weighted by Gasteiger charge is -2.02. The number of hydrogen-bond donors (Lipinski definition) is 1. The first-order valence-electron chi connectivity index (χ1n) is 5.04. The molecule has 0 saturated carbocycles. The van der Waals surface area contributed by atoms with Crippen molar-refractivity contribution in [1.82, 2.24) is 4.98 Å². The second-order valence-corrected chi connectivity index (χ2v) is 4.21. The van der Waals surface area contributed by atoms with E-state index in [0.29, 0.717) is 5.02 Å². The first kappa shape index (κ1) is 11.0. The highest BCUT2D eigenvalue weighted by atomic mass is 35.5. The second-order valence-electron chi connectivity index (χ2n) is 3.77. The Kier molecular flexibility index (Phi) is 2.84. The Morgan fingerprint density at radius 3 is 2.75 bits per heavy atom. The van der Waals surface area contributed by atoms with E-state index in [4.69, 9.17) is 11.6 Å². The summed E-state index contributed by atoms with van der Waals surface area (Å²) in [5, 5.41) is 0.672. The highest BCUT2D eigenvalue weighted by molar-refractivity contribution is 6.30. The molecule has 0 radical (unpaired) electrons. The van der Waals surface area contributed by atoms with Crippen molar-refractivity contribution in [1.29, 1.82) is 0 Å². The molecule has 0 unspecified atom stereocenters. The fourth-order valence-electron chi connectivity index (χ4n) is 1.86. The summed E-state index contributed by atoms with van der Waals surface area (Å²) in [5.74, 6) is 0.0636. The van der Waals surface area contributed by atoms with Crippen LogP contribution in [0.15, 0.2) is 30.5 Å². The number of benzene rings is 1. The maximum Gasteiger partial charge on any atom is 0.162 e. The molecule has 1 heterocycles. The summed E-state index contributed by atoms with van der Waals surface area (Å²) in [6.07, 6.45) is 1.84. The largest absolute Gasteiger partial charge is 0.364 e. The van der Waals surface area contributed by atoms with Crippen molar-refractivity contribution >= 4 is 17.4 Å². The molecule has 0 saturated heterocycles. The van der Waals surface area contributed by atoms with Crippen LogP contribution in [0.25, 0.3) is 11.1 Å². The Labute approximate surface area is 99.3 Å². The van der Waals surface area contributed by atoms with E-state index in [1.807, 2.05) is 37.4 Å². The van der Waals surface area contributed by atoms with Crippen LogP contribution in [0, 0.1) is 6.92 Å². The number of hydrogen-bond acceptors (Lipinski definition) is 1. The first-order chi connectivity index (χ1) is 7.59. The molecule has 2 aromatic rings. The molecule has 3 heteroatoms. The lowest BCUT2D eigenvalue weighted by Crippen LogP contribution is -1.95. The third kappa shape index (κ3) is 1.89. The number of nitrogens with one attached hydrogen (secondary N) is 1. The molecule has 2 rings (SSSR count). The van der Waals surface area contributed by atoms with Crippen molar-refractivity contribution in [2.45, 2.75) is 13.8 Å². The van der Waals surface area contributed by atoms with Crippen LogP contribution >= 0.6 is 11.6 Å². The zero-order valence-electron chi connectivity index (χ0n) is 9.17.